The third kappa shape index (κ3) is 8.03. The van der Waals surface area contributed by atoms with Crippen molar-refractivity contribution in [1.82, 2.24) is 19.9 Å². The van der Waals surface area contributed by atoms with E-state index in [2.05, 4.69) is 26.4 Å². The third-order valence-corrected chi connectivity index (χ3v) is 5.62. The molecular weight excluding hydrogens is 481 g/mol. The van der Waals surface area contributed by atoms with Crippen LogP contribution in [-0.4, -0.2) is 52.2 Å². The lowest BCUT2D eigenvalue weighted by atomic mass is 10.2. The van der Waals surface area contributed by atoms with Crippen molar-refractivity contribution in [2.24, 2.45) is 0 Å². The molecule has 2 aromatic carbocycles. The van der Waals surface area contributed by atoms with Crippen molar-refractivity contribution in [3.63, 3.8) is 0 Å². The molecule has 0 aliphatic carbocycles. The number of fused-ring (bicyclic) bond motifs is 1. The molecule has 0 radical (unpaired) electrons. The first-order valence-corrected chi connectivity index (χ1v) is 12.2. The van der Waals surface area contributed by atoms with E-state index in [9.17, 15) is 9.18 Å². The molecule has 1 atom stereocenters. The number of benzene rings is 2. The number of rotatable bonds is 3. The zero-order valence-electron chi connectivity index (χ0n) is 21.0. The van der Waals surface area contributed by atoms with Crippen LogP contribution in [0.25, 0.3) is 5.65 Å². The maximum Gasteiger partial charge on any atom is 0.153 e. The maximum absolute atomic E-state index is 11.9. The number of aryl methyl sites for hydroxylation is 1. The van der Waals surface area contributed by atoms with Crippen molar-refractivity contribution in [3.05, 3.63) is 89.0 Å². The van der Waals surface area contributed by atoms with Crippen LogP contribution in [0.1, 0.15) is 36.3 Å². The molecule has 2 aromatic heterocycles. The molecule has 0 bridgehead atoms. The summed E-state index contributed by atoms with van der Waals surface area (Å²) >= 11 is 5.48. The molecule has 5 rings (SSSR count). The minimum absolute atomic E-state index is 0.154. The van der Waals surface area contributed by atoms with E-state index in [0.717, 1.165) is 30.2 Å². The Kier molecular flexibility index (Phi) is 11.8. The van der Waals surface area contributed by atoms with Crippen molar-refractivity contribution >= 4 is 29.4 Å². The molecule has 0 unspecified atom stereocenters. The van der Waals surface area contributed by atoms with Crippen LogP contribution in [0.2, 0.25) is 5.02 Å². The summed E-state index contributed by atoms with van der Waals surface area (Å²) in [6.45, 7) is 8.12. The molecule has 0 amide bonds. The van der Waals surface area contributed by atoms with Crippen molar-refractivity contribution in [1.29, 1.82) is 0 Å². The normalized spacial score (nSPS) is 14.1. The third-order valence-electron chi connectivity index (χ3n) is 5.32. The lowest BCUT2D eigenvalue weighted by Gasteiger charge is -2.17. The van der Waals surface area contributed by atoms with Crippen LogP contribution in [-0.2, 0) is 0 Å². The topological polar surface area (TPSA) is 82.8 Å². The fraction of sp³-hybridized carbons (Fsp3) is 0.296. The van der Waals surface area contributed by atoms with Crippen molar-refractivity contribution in [2.45, 2.75) is 33.2 Å². The van der Waals surface area contributed by atoms with E-state index in [-0.39, 0.29) is 22.2 Å². The number of nitrogens with one attached hydrogen (secondary N) is 1. The van der Waals surface area contributed by atoms with Gasteiger partial charge in [-0.2, -0.15) is 0 Å². The van der Waals surface area contributed by atoms with Crippen molar-refractivity contribution < 1.29 is 14.3 Å². The standard InChI is InChI=1S/C12H17N5.C7H5ClO2.C6H5F.C2H6/c1-9-7-14-11-3-4-12(15-17(9)11)16-6-5-10(8-16)13-2;8-6-3-1-2-5(4-9)7(6)10;7-6-4-2-1-3-5-6;1-2/h3-4,7,10,13H,5-6,8H2,1-2H3;1-4,10H;1-5H;1-2H3/t10-;;;/m0.../s1. The number of phenolic OH excluding ortho intramolecular Hbond substituents is 1. The predicted octanol–water partition coefficient (Wildman–Crippen LogP) is 5.55. The van der Waals surface area contributed by atoms with Gasteiger partial charge < -0.3 is 15.3 Å². The minimum atomic E-state index is -0.178. The number of aromatic hydroxyl groups is 1. The van der Waals surface area contributed by atoms with Gasteiger partial charge >= 0.3 is 0 Å². The van der Waals surface area contributed by atoms with Gasteiger partial charge in [0.15, 0.2) is 11.9 Å². The Labute approximate surface area is 216 Å². The molecule has 3 heterocycles. The Balaban J connectivity index is 0.000000204. The lowest BCUT2D eigenvalue weighted by Crippen LogP contribution is -2.30. The van der Waals surface area contributed by atoms with Gasteiger partial charge in [0.05, 0.1) is 22.5 Å². The molecule has 7 nitrogen and oxygen atoms in total. The van der Waals surface area contributed by atoms with Crippen LogP contribution >= 0.6 is 11.6 Å². The first-order valence-electron chi connectivity index (χ1n) is 11.8. The van der Waals surface area contributed by atoms with Gasteiger partial charge in [0.25, 0.3) is 0 Å². The number of imidazole rings is 1. The number of phenols is 1. The summed E-state index contributed by atoms with van der Waals surface area (Å²) in [6, 6.07) is 17.2. The van der Waals surface area contributed by atoms with Crippen molar-refractivity contribution in [3.8, 4) is 5.75 Å². The zero-order valence-corrected chi connectivity index (χ0v) is 21.8. The highest BCUT2D eigenvalue weighted by atomic mass is 35.5. The Bertz CT molecular complexity index is 1220. The smallest absolute Gasteiger partial charge is 0.153 e. The number of halogens is 2. The molecule has 2 N–H and O–H groups in total. The lowest BCUT2D eigenvalue weighted by molar-refractivity contribution is 0.112. The van der Waals surface area contributed by atoms with E-state index in [4.69, 9.17) is 16.7 Å². The largest absolute Gasteiger partial charge is 0.506 e. The highest BCUT2D eigenvalue weighted by Crippen LogP contribution is 2.25. The summed E-state index contributed by atoms with van der Waals surface area (Å²) in [5.74, 6) is 0.706. The van der Waals surface area contributed by atoms with Crippen LogP contribution in [0.4, 0.5) is 10.2 Å². The van der Waals surface area contributed by atoms with Gasteiger partial charge in [-0.15, -0.1) is 5.10 Å². The minimum Gasteiger partial charge on any atom is -0.506 e. The van der Waals surface area contributed by atoms with Gasteiger partial charge in [0.2, 0.25) is 0 Å². The number of hydrogen-bond acceptors (Lipinski definition) is 6. The summed E-state index contributed by atoms with van der Waals surface area (Å²) in [4.78, 5) is 16.8. The second kappa shape index (κ2) is 14.8. The molecule has 1 aliphatic rings. The molecular formula is C27H33ClFN5O2. The molecule has 192 valence electrons. The summed E-state index contributed by atoms with van der Waals surface area (Å²) < 4.78 is 13.8. The molecule has 9 heteroatoms. The average Bonchev–Trinajstić information content (AvgIpc) is 3.55. The van der Waals surface area contributed by atoms with Gasteiger partial charge in [-0.25, -0.2) is 13.9 Å². The fourth-order valence-electron chi connectivity index (χ4n) is 3.39. The van der Waals surface area contributed by atoms with Gasteiger partial charge in [0, 0.05) is 19.1 Å². The number of nitrogens with zero attached hydrogens (tertiary/aromatic N) is 4. The van der Waals surface area contributed by atoms with Crippen LogP contribution < -0.4 is 10.2 Å². The molecule has 4 aromatic rings. The number of hydrogen-bond donors (Lipinski definition) is 2. The quantitative estimate of drug-likeness (QED) is 0.350. The molecule has 0 spiro atoms. The Hall–Kier alpha value is -3.49. The van der Waals surface area contributed by atoms with E-state index in [1.165, 1.54) is 30.7 Å². The summed E-state index contributed by atoms with van der Waals surface area (Å²) in [5.41, 5.74) is 2.20. The van der Waals surface area contributed by atoms with E-state index < -0.39 is 0 Å². The molecule has 0 saturated carbocycles. The van der Waals surface area contributed by atoms with E-state index >= 15 is 0 Å². The average molecular weight is 514 g/mol. The van der Waals surface area contributed by atoms with Crippen LogP contribution in [0.5, 0.6) is 5.75 Å². The Morgan fingerprint density at radius 3 is 2.39 bits per heavy atom. The van der Waals surface area contributed by atoms with E-state index in [1.807, 2.05) is 44.6 Å². The number of aldehydes is 1. The van der Waals surface area contributed by atoms with E-state index in [0.29, 0.717) is 12.3 Å². The van der Waals surface area contributed by atoms with Gasteiger partial charge in [-0.1, -0.05) is 49.7 Å². The van der Waals surface area contributed by atoms with E-state index in [1.54, 1.807) is 24.3 Å². The first kappa shape index (κ1) is 28.7. The van der Waals surface area contributed by atoms with Crippen LogP contribution in [0, 0.1) is 12.7 Å². The predicted molar refractivity (Wildman–Crippen MR) is 144 cm³/mol. The fourth-order valence-corrected chi connectivity index (χ4v) is 3.57. The molecule has 1 saturated heterocycles. The highest BCUT2D eigenvalue weighted by molar-refractivity contribution is 6.32. The molecule has 36 heavy (non-hydrogen) atoms. The highest BCUT2D eigenvalue weighted by Gasteiger charge is 2.22. The van der Waals surface area contributed by atoms with Crippen molar-refractivity contribution in [2.75, 3.05) is 25.0 Å². The van der Waals surface area contributed by atoms with Gasteiger partial charge in [-0.3, -0.25) is 4.79 Å². The van der Waals surface area contributed by atoms with Gasteiger partial charge in [-0.05, 0) is 56.8 Å². The second-order valence-electron chi connectivity index (χ2n) is 7.67. The van der Waals surface area contributed by atoms with Crippen LogP contribution in [0.15, 0.2) is 66.9 Å². The van der Waals surface area contributed by atoms with Gasteiger partial charge in [0.1, 0.15) is 17.4 Å². The summed E-state index contributed by atoms with van der Waals surface area (Å²) in [7, 11) is 2.02. The second-order valence-corrected chi connectivity index (χ2v) is 8.08. The number of carbonyl (C=O) groups is 1. The Morgan fingerprint density at radius 2 is 1.83 bits per heavy atom. The first-order chi connectivity index (χ1) is 17.4. The molecule has 1 aliphatic heterocycles. The number of carbonyl (C=O) groups excluding carboxylic acids is 1. The zero-order chi connectivity index (χ0) is 26.5. The number of likely N-dealkylation sites (N-methyl/N-ethyl adjacent to an activating group) is 1. The molecule has 1 fully saturated rings. The SMILES string of the molecule is CC.CN[C@H]1CCN(c2ccc3ncc(C)n3n2)C1.Fc1ccccc1.O=Cc1cccc(Cl)c1O. The monoisotopic (exact) mass is 513 g/mol. The summed E-state index contributed by atoms with van der Waals surface area (Å²) in [5, 5.41) is 17.2. The van der Waals surface area contributed by atoms with Crippen LogP contribution in [0.3, 0.4) is 0 Å². The number of anilines is 1. The number of para-hydroxylation sites is 1. The summed E-state index contributed by atoms with van der Waals surface area (Å²) in [6.07, 6.45) is 3.59. The maximum atomic E-state index is 11.9. The number of aromatic nitrogens is 3. The Morgan fingerprint density at radius 1 is 1.11 bits per heavy atom.